The molecule has 0 heterocycles. The molecule has 6 heteroatoms. The van der Waals surface area contributed by atoms with E-state index < -0.39 is 17.5 Å². The number of benzene rings is 2. The van der Waals surface area contributed by atoms with Gasteiger partial charge >= 0.3 is 0 Å². The molecule has 98 valence electrons. The molecule has 2 nitrogen and oxygen atoms in total. The van der Waals surface area contributed by atoms with E-state index in [0.717, 1.165) is 12.1 Å². The highest BCUT2D eigenvalue weighted by atomic mass is 32.1. The standard InChI is InChI=1S/C13H9F3N2S/c14-7-4-5-10(8(6-7)13(17)19)18-11-3-1-2-9(15)12(11)16/h1-6,18H,(H2,17,19). The number of anilines is 2. The van der Waals surface area contributed by atoms with Crippen LogP contribution in [0.3, 0.4) is 0 Å². The van der Waals surface area contributed by atoms with Crippen LogP contribution >= 0.6 is 12.2 Å². The van der Waals surface area contributed by atoms with Crippen LogP contribution in [0.1, 0.15) is 5.56 Å². The van der Waals surface area contributed by atoms with Crippen LogP contribution in [0.25, 0.3) is 0 Å². The van der Waals surface area contributed by atoms with Crippen LogP contribution in [-0.4, -0.2) is 4.99 Å². The summed E-state index contributed by atoms with van der Waals surface area (Å²) in [6.45, 7) is 0. The second-order valence-electron chi connectivity index (χ2n) is 3.78. The van der Waals surface area contributed by atoms with Gasteiger partial charge in [-0.2, -0.15) is 0 Å². The Hall–Kier alpha value is -2.08. The molecule has 0 atom stereocenters. The van der Waals surface area contributed by atoms with E-state index in [1.54, 1.807) is 0 Å². The number of thiocarbonyl (C=S) groups is 1. The van der Waals surface area contributed by atoms with Gasteiger partial charge in [0.2, 0.25) is 0 Å². The molecule has 0 aromatic heterocycles. The average molecular weight is 282 g/mol. The quantitative estimate of drug-likeness (QED) is 0.846. The number of rotatable bonds is 3. The van der Waals surface area contributed by atoms with E-state index in [9.17, 15) is 13.2 Å². The number of nitrogens with two attached hydrogens (primary N) is 1. The molecule has 2 rings (SSSR count). The summed E-state index contributed by atoms with van der Waals surface area (Å²) in [5, 5.41) is 2.64. The number of halogens is 3. The van der Waals surface area contributed by atoms with Gasteiger partial charge in [0.25, 0.3) is 0 Å². The van der Waals surface area contributed by atoms with E-state index in [-0.39, 0.29) is 16.2 Å². The van der Waals surface area contributed by atoms with E-state index in [1.807, 2.05) is 0 Å². The fourth-order valence-corrected chi connectivity index (χ4v) is 1.74. The Kier molecular flexibility index (Phi) is 3.71. The third-order valence-electron chi connectivity index (χ3n) is 2.47. The summed E-state index contributed by atoms with van der Waals surface area (Å²) in [6.07, 6.45) is 0. The second kappa shape index (κ2) is 5.27. The van der Waals surface area contributed by atoms with E-state index in [0.29, 0.717) is 5.69 Å². The summed E-state index contributed by atoms with van der Waals surface area (Å²) in [6, 6.07) is 7.35. The number of hydrogen-bond donors (Lipinski definition) is 2. The van der Waals surface area contributed by atoms with Crippen LogP contribution in [0.15, 0.2) is 36.4 Å². The van der Waals surface area contributed by atoms with Crippen molar-refractivity contribution in [2.75, 3.05) is 5.32 Å². The predicted octanol–water partition coefficient (Wildman–Crippen LogP) is 3.48. The van der Waals surface area contributed by atoms with Gasteiger partial charge in [-0.3, -0.25) is 0 Å². The van der Waals surface area contributed by atoms with Gasteiger partial charge in [-0.25, -0.2) is 13.2 Å². The third kappa shape index (κ3) is 2.85. The highest BCUT2D eigenvalue weighted by Gasteiger charge is 2.11. The topological polar surface area (TPSA) is 38.0 Å². The fraction of sp³-hybridized carbons (Fsp3) is 0. The minimum Gasteiger partial charge on any atom is -0.389 e. The van der Waals surface area contributed by atoms with Gasteiger partial charge in [0, 0.05) is 11.3 Å². The van der Waals surface area contributed by atoms with Crippen molar-refractivity contribution in [1.82, 2.24) is 0 Å². The molecule has 19 heavy (non-hydrogen) atoms. The third-order valence-corrected chi connectivity index (χ3v) is 2.69. The Balaban J connectivity index is 2.44. The molecule has 0 unspecified atom stereocenters. The Morgan fingerprint density at radius 2 is 1.79 bits per heavy atom. The molecule has 2 aromatic rings. The lowest BCUT2D eigenvalue weighted by Gasteiger charge is -2.12. The number of nitrogens with one attached hydrogen (secondary N) is 1. The molecule has 0 radical (unpaired) electrons. The highest BCUT2D eigenvalue weighted by molar-refractivity contribution is 7.80. The minimum atomic E-state index is -1.03. The largest absolute Gasteiger partial charge is 0.389 e. The SMILES string of the molecule is NC(=S)c1cc(F)ccc1Nc1cccc(F)c1F. The zero-order valence-corrected chi connectivity index (χ0v) is 10.4. The van der Waals surface area contributed by atoms with E-state index >= 15 is 0 Å². The van der Waals surface area contributed by atoms with Crippen LogP contribution in [0, 0.1) is 17.5 Å². The van der Waals surface area contributed by atoms with Gasteiger partial charge in [-0.15, -0.1) is 0 Å². The van der Waals surface area contributed by atoms with Gasteiger partial charge in [-0.05, 0) is 30.3 Å². The maximum absolute atomic E-state index is 13.5. The van der Waals surface area contributed by atoms with Crippen LogP contribution in [0.4, 0.5) is 24.5 Å². The molecule has 0 aliphatic carbocycles. The smallest absolute Gasteiger partial charge is 0.182 e. The van der Waals surface area contributed by atoms with Crippen molar-refractivity contribution in [2.45, 2.75) is 0 Å². The first-order valence-electron chi connectivity index (χ1n) is 5.29. The fourth-order valence-electron chi connectivity index (χ4n) is 1.57. The predicted molar refractivity (Wildman–Crippen MR) is 71.9 cm³/mol. The van der Waals surface area contributed by atoms with Gasteiger partial charge in [0.05, 0.1) is 5.69 Å². The monoisotopic (exact) mass is 282 g/mol. The van der Waals surface area contributed by atoms with Crippen LogP contribution in [0.5, 0.6) is 0 Å². The molecule has 2 aromatic carbocycles. The Labute approximate surface area is 113 Å². The first kappa shape index (κ1) is 13.4. The molecule has 0 aliphatic heterocycles. The molecule has 0 saturated carbocycles. The van der Waals surface area contributed by atoms with Crippen molar-refractivity contribution in [3.05, 3.63) is 59.4 Å². The molecule has 0 amide bonds. The van der Waals surface area contributed by atoms with Crippen molar-refractivity contribution in [1.29, 1.82) is 0 Å². The van der Waals surface area contributed by atoms with E-state index in [2.05, 4.69) is 5.32 Å². The minimum absolute atomic E-state index is 0.0428. The Morgan fingerprint density at radius 1 is 1.05 bits per heavy atom. The summed E-state index contributed by atoms with van der Waals surface area (Å²) >= 11 is 4.79. The molecule has 0 spiro atoms. The lowest BCUT2D eigenvalue weighted by atomic mass is 10.1. The van der Waals surface area contributed by atoms with Gasteiger partial charge in [0.1, 0.15) is 10.8 Å². The van der Waals surface area contributed by atoms with Crippen LogP contribution in [0.2, 0.25) is 0 Å². The number of hydrogen-bond acceptors (Lipinski definition) is 2. The molecular weight excluding hydrogens is 273 g/mol. The van der Waals surface area contributed by atoms with Crippen LogP contribution in [-0.2, 0) is 0 Å². The second-order valence-corrected chi connectivity index (χ2v) is 4.22. The zero-order valence-electron chi connectivity index (χ0n) is 9.58. The molecule has 0 bridgehead atoms. The van der Waals surface area contributed by atoms with Crippen molar-refractivity contribution >= 4 is 28.6 Å². The highest BCUT2D eigenvalue weighted by Crippen LogP contribution is 2.25. The van der Waals surface area contributed by atoms with E-state index in [1.165, 1.54) is 24.3 Å². The Bertz CT molecular complexity index is 644. The van der Waals surface area contributed by atoms with Crippen molar-refractivity contribution < 1.29 is 13.2 Å². The summed E-state index contributed by atoms with van der Waals surface area (Å²) in [4.78, 5) is -0.0428. The lowest BCUT2D eigenvalue weighted by molar-refractivity contribution is 0.512. The van der Waals surface area contributed by atoms with Crippen LogP contribution < -0.4 is 11.1 Å². The molecule has 3 N–H and O–H groups in total. The molecule has 0 aliphatic rings. The molecule has 0 saturated heterocycles. The van der Waals surface area contributed by atoms with Crippen molar-refractivity contribution in [3.8, 4) is 0 Å². The average Bonchev–Trinajstić information content (AvgIpc) is 2.36. The summed E-state index contributed by atoms with van der Waals surface area (Å²) < 4.78 is 39.7. The van der Waals surface area contributed by atoms with Gasteiger partial charge < -0.3 is 11.1 Å². The van der Waals surface area contributed by atoms with Crippen molar-refractivity contribution in [3.63, 3.8) is 0 Å². The Morgan fingerprint density at radius 3 is 2.47 bits per heavy atom. The maximum atomic E-state index is 13.5. The summed E-state index contributed by atoms with van der Waals surface area (Å²) in [5.41, 5.74) is 5.91. The van der Waals surface area contributed by atoms with Gasteiger partial charge in [-0.1, -0.05) is 18.3 Å². The first-order valence-corrected chi connectivity index (χ1v) is 5.70. The van der Waals surface area contributed by atoms with Crippen molar-refractivity contribution in [2.24, 2.45) is 5.73 Å². The molecular formula is C13H9F3N2S. The lowest BCUT2D eigenvalue weighted by Crippen LogP contribution is -2.12. The van der Waals surface area contributed by atoms with E-state index in [4.69, 9.17) is 18.0 Å². The maximum Gasteiger partial charge on any atom is 0.182 e. The normalized spacial score (nSPS) is 10.3. The molecule has 0 fully saturated rings. The first-order chi connectivity index (χ1) is 8.99. The summed E-state index contributed by atoms with van der Waals surface area (Å²) in [7, 11) is 0. The van der Waals surface area contributed by atoms with Gasteiger partial charge in [0.15, 0.2) is 11.6 Å². The summed E-state index contributed by atoms with van der Waals surface area (Å²) in [5.74, 6) is -2.53. The zero-order chi connectivity index (χ0) is 14.0.